The van der Waals surface area contributed by atoms with Gasteiger partial charge in [-0.25, -0.2) is 0 Å². The number of carbonyl (C=O) groups is 2. The van der Waals surface area contributed by atoms with Crippen molar-refractivity contribution >= 4 is 17.5 Å². The molecule has 1 heterocycles. The molecule has 0 unspecified atom stereocenters. The van der Waals surface area contributed by atoms with Crippen LogP contribution in [-0.2, 0) is 9.53 Å². The highest BCUT2D eigenvalue weighted by Gasteiger charge is 2.08. The zero-order chi connectivity index (χ0) is 12.7. The fourth-order valence-electron chi connectivity index (χ4n) is 1.12. The number of nitrogens with two attached hydrogens (primary N) is 2. The van der Waals surface area contributed by atoms with Crippen molar-refractivity contribution in [2.75, 3.05) is 25.5 Å². The Bertz CT molecular complexity index is 408. The lowest BCUT2D eigenvalue weighted by molar-refractivity contribution is -0.122. The fourth-order valence-corrected chi connectivity index (χ4v) is 1.12. The number of nitrogens with zero attached hydrogens (tertiary/aromatic N) is 1. The van der Waals surface area contributed by atoms with Crippen molar-refractivity contribution in [2.45, 2.75) is 0 Å². The Morgan fingerprint density at radius 1 is 1.47 bits per heavy atom. The number of primary amides is 1. The molecule has 0 aliphatic rings. The lowest BCUT2D eigenvalue weighted by Crippen LogP contribution is -2.29. The maximum atomic E-state index is 11.6. The molecule has 0 atom stereocenters. The first kappa shape index (κ1) is 12.9. The number of carbonyl (C=O) groups excluding carboxylic acids is 2. The predicted molar refractivity (Wildman–Crippen MR) is 61.0 cm³/mol. The summed E-state index contributed by atoms with van der Waals surface area (Å²) < 4.78 is 4.88. The summed E-state index contributed by atoms with van der Waals surface area (Å²) >= 11 is 0. The zero-order valence-corrected chi connectivity index (χ0v) is 9.18. The van der Waals surface area contributed by atoms with Crippen LogP contribution in [0.15, 0.2) is 18.5 Å². The lowest BCUT2D eigenvalue weighted by atomic mass is 10.2. The van der Waals surface area contributed by atoms with E-state index in [-0.39, 0.29) is 25.7 Å². The van der Waals surface area contributed by atoms with Crippen LogP contribution in [0.3, 0.4) is 0 Å². The maximum Gasteiger partial charge on any atom is 0.253 e. The number of anilines is 1. The van der Waals surface area contributed by atoms with E-state index in [2.05, 4.69) is 10.3 Å². The third kappa shape index (κ3) is 4.47. The molecular formula is C10H14N4O3. The Morgan fingerprint density at radius 2 is 2.24 bits per heavy atom. The van der Waals surface area contributed by atoms with Gasteiger partial charge in [-0.1, -0.05) is 0 Å². The molecule has 2 amide bonds. The van der Waals surface area contributed by atoms with Gasteiger partial charge in [0.15, 0.2) is 0 Å². The number of amides is 2. The second kappa shape index (κ2) is 6.44. The maximum absolute atomic E-state index is 11.6. The number of ether oxygens (including phenoxy) is 1. The van der Waals surface area contributed by atoms with Crippen LogP contribution in [0.4, 0.5) is 5.69 Å². The highest BCUT2D eigenvalue weighted by atomic mass is 16.5. The summed E-state index contributed by atoms with van der Waals surface area (Å²) in [6.07, 6.45) is 2.88. The van der Waals surface area contributed by atoms with E-state index in [9.17, 15) is 9.59 Å². The molecule has 5 N–H and O–H groups in total. The Morgan fingerprint density at radius 3 is 2.88 bits per heavy atom. The smallest absolute Gasteiger partial charge is 0.253 e. The minimum absolute atomic E-state index is 0.159. The van der Waals surface area contributed by atoms with Crippen molar-refractivity contribution in [3.63, 3.8) is 0 Å². The van der Waals surface area contributed by atoms with E-state index in [0.717, 1.165) is 0 Å². The minimum atomic E-state index is -0.547. The Labute approximate surface area is 98.1 Å². The van der Waals surface area contributed by atoms with Crippen LogP contribution in [0.2, 0.25) is 0 Å². The van der Waals surface area contributed by atoms with Gasteiger partial charge in [0, 0.05) is 12.7 Å². The second-order valence-corrected chi connectivity index (χ2v) is 3.24. The second-order valence-electron chi connectivity index (χ2n) is 3.24. The molecular weight excluding hydrogens is 224 g/mol. The lowest BCUT2D eigenvalue weighted by Gasteiger charge is -2.06. The van der Waals surface area contributed by atoms with E-state index in [1.165, 1.54) is 18.5 Å². The number of aromatic nitrogens is 1. The monoisotopic (exact) mass is 238 g/mol. The van der Waals surface area contributed by atoms with Crippen LogP contribution in [0.1, 0.15) is 10.4 Å². The van der Waals surface area contributed by atoms with Gasteiger partial charge in [-0.2, -0.15) is 0 Å². The van der Waals surface area contributed by atoms with E-state index in [1.54, 1.807) is 0 Å². The highest BCUT2D eigenvalue weighted by molar-refractivity contribution is 5.98. The highest BCUT2D eigenvalue weighted by Crippen LogP contribution is 2.07. The molecule has 7 nitrogen and oxygen atoms in total. The number of pyridine rings is 1. The summed E-state index contributed by atoms with van der Waals surface area (Å²) in [6.45, 7) is 0.320. The van der Waals surface area contributed by atoms with Gasteiger partial charge in [0.25, 0.3) is 5.91 Å². The first-order valence-electron chi connectivity index (χ1n) is 4.95. The van der Waals surface area contributed by atoms with Gasteiger partial charge in [-0.15, -0.1) is 0 Å². The Hall–Kier alpha value is -2.15. The summed E-state index contributed by atoms with van der Waals surface area (Å²) in [7, 11) is 0. The molecule has 0 aliphatic heterocycles. The van der Waals surface area contributed by atoms with Crippen molar-refractivity contribution < 1.29 is 14.3 Å². The zero-order valence-electron chi connectivity index (χ0n) is 9.18. The molecule has 0 bridgehead atoms. The van der Waals surface area contributed by atoms with E-state index in [1.807, 2.05) is 0 Å². The van der Waals surface area contributed by atoms with E-state index in [4.69, 9.17) is 16.2 Å². The molecule has 1 aromatic heterocycles. The van der Waals surface area contributed by atoms with E-state index < -0.39 is 5.91 Å². The van der Waals surface area contributed by atoms with Crippen molar-refractivity contribution in [2.24, 2.45) is 5.73 Å². The van der Waals surface area contributed by atoms with Gasteiger partial charge in [-0.05, 0) is 6.07 Å². The molecule has 0 saturated carbocycles. The third-order valence-electron chi connectivity index (χ3n) is 1.87. The molecule has 7 heteroatoms. The summed E-state index contributed by atoms with van der Waals surface area (Å²) in [5.74, 6) is -0.859. The molecule has 0 saturated heterocycles. The molecule has 0 spiro atoms. The van der Waals surface area contributed by atoms with Crippen LogP contribution in [0.5, 0.6) is 0 Å². The van der Waals surface area contributed by atoms with Gasteiger partial charge in [0.2, 0.25) is 5.91 Å². The average molecular weight is 238 g/mol. The fraction of sp³-hybridized carbons (Fsp3) is 0.300. The largest absolute Gasteiger partial charge is 0.397 e. The first-order valence-corrected chi connectivity index (χ1v) is 4.95. The number of hydrogen-bond donors (Lipinski definition) is 3. The Balaban J connectivity index is 2.31. The predicted octanol–water partition coefficient (Wildman–Crippen LogP) is -1.10. The van der Waals surface area contributed by atoms with Gasteiger partial charge in [0.05, 0.1) is 24.1 Å². The molecule has 92 valence electrons. The summed E-state index contributed by atoms with van der Waals surface area (Å²) in [6, 6.07) is 1.52. The molecule has 1 rings (SSSR count). The van der Waals surface area contributed by atoms with Crippen LogP contribution < -0.4 is 16.8 Å². The van der Waals surface area contributed by atoms with Crippen LogP contribution in [0.25, 0.3) is 0 Å². The van der Waals surface area contributed by atoms with Crippen molar-refractivity contribution in [1.82, 2.24) is 10.3 Å². The molecule has 0 fully saturated rings. The molecule has 0 aromatic carbocycles. The molecule has 17 heavy (non-hydrogen) atoms. The topological polar surface area (TPSA) is 120 Å². The molecule has 1 aromatic rings. The first-order chi connectivity index (χ1) is 8.11. The van der Waals surface area contributed by atoms with Crippen molar-refractivity contribution in [3.8, 4) is 0 Å². The number of nitrogens with one attached hydrogen (secondary N) is 1. The standard InChI is InChI=1S/C10H14N4O3/c11-8-5-13-2-1-7(8)10(16)14-3-4-17-6-9(12)15/h1-2,5H,3-4,6,11H2,(H2,12,15)(H,14,16). The molecule has 0 aliphatic carbocycles. The minimum Gasteiger partial charge on any atom is -0.397 e. The van der Waals surface area contributed by atoms with E-state index >= 15 is 0 Å². The van der Waals surface area contributed by atoms with Gasteiger partial charge in [-0.3, -0.25) is 14.6 Å². The van der Waals surface area contributed by atoms with Gasteiger partial charge < -0.3 is 21.5 Å². The average Bonchev–Trinajstić information content (AvgIpc) is 2.28. The Kier molecular flexibility index (Phi) is 4.89. The summed E-state index contributed by atoms with van der Waals surface area (Å²) in [5.41, 5.74) is 11.1. The quantitative estimate of drug-likeness (QED) is 0.543. The number of hydrogen-bond acceptors (Lipinski definition) is 5. The van der Waals surface area contributed by atoms with Gasteiger partial charge in [0.1, 0.15) is 6.61 Å². The van der Waals surface area contributed by atoms with E-state index in [0.29, 0.717) is 11.3 Å². The van der Waals surface area contributed by atoms with Crippen molar-refractivity contribution in [3.05, 3.63) is 24.0 Å². The van der Waals surface area contributed by atoms with Crippen LogP contribution >= 0.6 is 0 Å². The molecule has 0 radical (unpaired) electrons. The summed E-state index contributed by atoms with van der Waals surface area (Å²) in [4.78, 5) is 25.7. The normalized spacial score (nSPS) is 9.88. The van der Waals surface area contributed by atoms with Crippen LogP contribution in [-0.4, -0.2) is 36.6 Å². The SMILES string of the molecule is NC(=O)COCCNC(=O)c1ccncc1N. The number of rotatable bonds is 6. The number of nitrogen functional groups attached to an aromatic ring is 1. The van der Waals surface area contributed by atoms with Crippen molar-refractivity contribution in [1.29, 1.82) is 0 Å². The van der Waals surface area contributed by atoms with Crippen LogP contribution in [0, 0.1) is 0 Å². The third-order valence-corrected chi connectivity index (χ3v) is 1.87. The summed E-state index contributed by atoms with van der Waals surface area (Å²) in [5, 5.41) is 2.59. The van der Waals surface area contributed by atoms with Gasteiger partial charge >= 0.3 is 0 Å².